The Kier molecular flexibility index (Phi) is 6.66. The third kappa shape index (κ3) is 5.10. The number of hydrogen-bond donors (Lipinski definition) is 1. The number of nitrogens with zero attached hydrogens (tertiary/aromatic N) is 1. The molecule has 1 fully saturated rings. The highest BCUT2D eigenvalue weighted by Gasteiger charge is 2.27. The maximum Gasteiger partial charge on any atom is 0.253 e. The number of benzene rings is 2. The number of anilines is 1. The zero-order valence-corrected chi connectivity index (χ0v) is 16.3. The quantitative estimate of drug-likeness (QED) is 0.799. The molecule has 1 N–H and O–H groups in total. The van der Waals surface area contributed by atoms with Crippen molar-refractivity contribution in [1.82, 2.24) is 5.32 Å². The van der Waals surface area contributed by atoms with E-state index in [0.717, 1.165) is 22.6 Å². The van der Waals surface area contributed by atoms with Gasteiger partial charge in [-0.15, -0.1) is 0 Å². The van der Waals surface area contributed by atoms with Crippen LogP contribution in [-0.4, -0.2) is 44.7 Å². The number of hydrogen-bond acceptors (Lipinski definition) is 4. The molecule has 2 aromatic carbocycles. The van der Waals surface area contributed by atoms with Crippen molar-refractivity contribution in [2.24, 2.45) is 0 Å². The number of ether oxygens (including phenoxy) is 2. The molecule has 1 atom stereocenters. The van der Waals surface area contributed by atoms with Gasteiger partial charge in [-0.25, -0.2) is 0 Å². The van der Waals surface area contributed by atoms with E-state index >= 15 is 0 Å². The molecule has 0 spiro atoms. The van der Waals surface area contributed by atoms with Gasteiger partial charge in [0.1, 0.15) is 12.4 Å². The van der Waals surface area contributed by atoms with Gasteiger partial charge in [0.05, 0.1) is 19.8 Å². The van der Waals surface area contributed by atoms with Crippen molar-refractivity contribution in [3.8, 4) is 5.75 Å². The summed E-state index contributed by atoms with van der Waals surface area (Å²) >= 11 is 0. The number of rotatable bonds is 7. The number of para-hydroxylation sites is 1. The Labute approximate surface area is 165 Å². The van der Waals surface area contributed by atoms with Crippen molar-refractivity contribution in [1.29, 1.82) is 0 Å². The first-order chi connectivity index (χ1) is 13.6. The average molecular weight is 382 g/mol. The van der Waals surface area contributed by atoms with E-state index in [-0.39, 0.29) is 24.5 Å². The van der Waals surface area contributed by atoms with Crippen LogP contribution in [0.5, 0.6) is 5.75 Å². The first kappa shape index (κ1) is 19.9. The van der Waals surface area contributed by atoms with Crippen molar-refractivity contribution in [2.45, 2.75) is 25.9 Å². The summed E-state index contributed by atoms with van der Waals surface area (Å²) in [5.74, 6) is 0.677. The summed E-state index contributed by atoms with van der Waals surface area (Å²) in [6.07, 6.45) is 0.747. The summed E-state index contributed by atoms with van der Waals surface area (Å²) < 4.78 is 10.9. The molecule has 1 aliphatic rings. The lowest BCUT2D eigenvalue weighted by atomic mass is 10.1. The van der Waals surface area contributed by atoms with Crippen molar-refractivity contribution >= 4 is 17.5 Å². The first-order valence-corrected chi connectivity index (χ1v) is 9.44. The number of morpholine rings is 1. The van der Waals surface area contributed by atoms with Crippen LogP contribution in [0.25, 0.3) is 0 Å². The molecule has 0 radical (unpaired) electrons. The van der Waals surface area contributed by atoms with Gasteiger partial charge < -0.3 is 19.7 Å². The van der Waals surface area contributed by atoms with E-state index in [9.17, 15) is 9.59 Å². The highest BCUT2D eigenvalue weighted by Crippen LogP contribution is 2.20. The van der Waals surface area contributed by atoms with Crippen LogP contribution < -0.4 is 15.0 Å². The highest BCUT2D eigenvalue weighted by atomic mass is 16.5. The fourth-order valence-electron chi connectivity index (χ4n) is 3.27. The van der Waals surface area contributed by atoms with Gasteiger partial charge in [-0.2, -0.15) is 0 Å². The average Bonchev–Trinajstić information content (AvgIpc) is 2.71. The number of methoxy groups -OCH3 is 1. The molecule has 28 heavy (non-hydrogen) atoms. The van der Waals surface area contributed by atoms with E-state index in [4.69, 9.17) is 9.47 Å². The Balaban J connectivity index is 1.50. The van der Waals surface area contributed by atoms with E-state index in [0.29, 0.717) is 25.9 Å². The Morgan fingerprint density at radius 3 is 2.86 bits per heavy atom. The lowest BCUT2D eigenvalue weighted by Gasteiger charge is -2.33. The first-order valence-electron chi connectivity index (χ1n) is 9.44. The zero-order chi connectivity index (χ0) is 19.9. The van der Waals surface area contributed by atoms with Crippen LogP contribution >= 0.6 is 0 Å². The van der Waals surface area contributed by atoms with E-state index < -0.39 is 0 Å². The SMILES string of the molecule is COc1ccccc1CCC(=O)NCC1CN(c2cccc(C)c2)C(=O)CO1. The van der Waals surface area contributed by atoms with Gasteiger partial charge in [-0.05, 0) is 42.7 Å². The van der Waals surface area contributed by atoms with E-state index in [1.165, 1.54) is 0 Å². The summed E-state index contributed by atoms with van der Waals surface area (Å²) in [5.41, 5.74) is 2.96. The molecule has 1 unspecified atom stereocenters. The molecule has 1 aliphatic heterocycles. The van der Waals surface area contributed by atoms with Crippen LogP contribution in [0.4, 0.5) is 5.69 Å². The fraction of sp³-hybridized carbons (Fsp3) is 0.364. The summed E-state index contributed by atoms with van der Waals surface area (Å²) in [6, 6.07) is 15.5. The van der Waals surface area contributed by atoms with E-state index in [1.54, 1.807) is 12.0 Å². The minimum Gasteiger partial charge on any atom is -0.496 e. The molecule has 1 saturated heterocycles. The number of amides is 2. The van der Waals surface area contributed by atoms with Gasteiger partial charge in [0.2, 0.25) is 5.91 Å². The van der Waals surface area contributed by atoms with Crippen LogP contribution in [0.2, 0.25) is 0 Å². The largest absolute Gasteiger partial charge is 0.496 e. The molecule has 1 heterocycles. The number of nitrogens with one attached hydrogen (secondary N) is 1. The Morgan fingerprint density at radius 1 is 1.25 bits per heavy atom. The van der Waals surface area contributed by atoms with Crippen LogP contribution in [0, 0.1) is 6.92 Å². The highest BCUT2D eigenvalue weighted by molar-refractivity contribution is 5.95. The van der Waals surface area contributed by atoms with Crippen LogP contribution in [0.3, 0.4) is 0 Å². The third-order valence-corrected chi connectivity index (χ3v) is 4.78. The maximum absolute atomic E-state index is 12.2. The second-order valence-electron chi connectivity index (χ2n) is 6.89. The molecule has 3 rings (SSSR count). The molecule has 2 aromatic rings. The Hall–Kier alpha value is -2.86. The summed E-state index contributed by atoms with van der Waals surface area (Å²) in [4.78, 5) is 26.2. The number of carbonyl (C=O) groups excluding carboxylic acids is 2. The van der Waals surface area contributed by atoms with Crippen LogP contribution in [0.15, 0.2) is 48.5 Å². The molecule has 0 aromatic heterocycles. The predicted molar refractivity (Wildman–Crippen MR) is 108 cm³/mol. The molecule has 0 aliphatic carbocycles. The van der Waals surface area contributed by atoms with Gasteiger partial charge in [0.15, 0.2) is 0 Å². The minimum absolute atomic E-state index is 0.0235. The molecule has 6 nitrogen and oxygen atoms in total. The fourth-order valence-corrected chi connectivity index (χ4v) is 3.27. The van der Waals surface area contributed by atoms with E-state index in [1.807, 2.05) is 55.5 Å². The van der Waals surface area contributed by atoms with Gasteiger partial charge >= 0.3 is 0 Å². The van der Waals surface area contributed by atoms with Crippen LogP contribution in [0.1, 0.15) is 17.5 Å². The molecular weight excluding hydrogens is 356 g/mol. The topological polar surface area (TPSA) is 67.9 Å². The second-order valence-corrected chi connectivity index (χ2v) is 6.89. The van der Waals surface area contributed by atoms with Gasteiger partial charge in [-0.3, -0.25) is 9.59 Å². The van der Waals surface area contributed by atoms with Gasteiger partial charge in [0.25, 0.3) is 5.91 Å². The van der Waals surface area contributed by atoms with Crippen molar-refractivity contribution in [3.05, 3.63) is 59.7 Å². The monoisotopic (exact) mass is 382 g/mol. The predicted octanol–water partition coefficient (Wildman–Crippen LogP) is 2.48. The lowest BCUT2D eigenvalue weighted by Crippen LogP contribution is -2.50. The lowest BCUT2D eigenvalue weighted by molar-refractivity contribution is -0.129. The number of aryl methyl sites for hydroxylation is 2. The summed E-state index contributed by atoms with van der Waals surface area (Å²) in [5, 5.41) is 2.92. The molecular formula is C22H26N2O4. The van der Waals surface area contributed by atoms with E-state index in [2.05, 4.69) is 5.32 Å². The Morgan fingerprint density at radius 2 is 2.07 bits per heavy atom. The van der Waals surface area contributed by atoms with Crippen molar-refractivity contribution in [3.63, 3.8) is 0 Å². The van der Waals surface area contributed by atoms with Crippen LogP contribution in [-0.2, 0) is 20.7 Å². The van der Waals surface area contributed by atoms with Gasteiger partial charge in [0, 0.05) is 18.7 Å². The summed E-state index contributed by atoms with van der Waals surface area (Å²) in [7, 11) is 1.63. The maximum atomic E-state index is 12.2. The minimum atomic E-state index is -0.228. The normalized spacial score (nSPS) is 16.7. The van der Waals surface area contributed by atoms with Gasteiger partial charge in [-0.1, -0.05) is 30.3 Å². The zero-order valence-electron chi connectivity index (χ0n) is 16.3. The van der Waals surface area contributed by atoms with Crippen molar-refractivity contribution in [2.75, 3.05) is 31.7 Å². The molecule has 148 valence electrons. The number of carbonyl (C=O) groups is 2. The second kappa shape index (κ2) is 9.37. The molecule has 6 heteroatoms. The molecule has 0 bridgehead atoms. The Bertz CT molecular complexity index is 837. The molecule has 0 saturated carbocycles. The third-order valence-electron chi connectivity index (χ3n) is 4.78. The standard InChI is InChI=1S/C22H26N2O4/c1-16-6-5-8-18(12-16)24-14-19(28-15-22(24)26)13-23-21(25)11-10-17-7-3-4-9-20(17)27-2/h3-9,12,19H,10-11,13-15H2,1-2H3,(H,23,25). The summed E-state index contributed by atoms with van der Waals surface area (Å²) in [6.45, 7) is 2.82. The smallest absolute Gasteiger partial charge is 0.253 e. The molecule has 2 amide bonds. The van der Waals surface area contributed by atoms with Crippen molar-refractivity contribution < 1.29 is 19.1 Å².